The van der Waals surface area contributed by atoms with Gasteiger partial charge in [0, 0.05) is 11.9 Å². The Balaban J connectivity index is 3.01. The van der Waals surface area contributed by atoms with Gasteiger partial charge in [-0.3, -0.25) is 4.98 Å². The lowest BCUT2D eigenvalue weighted by molar-refractivity contribution is 1.17. The maximum atomic E-state index is 4.08. The van der Waals surface area contributed by atoms with Gasteiger partial charge in [-0.1, -0.05) is 6.07 Å². The summed E-state index contributed by atoms with van der Waals surface area (Å²) in [5.41, 5.74) is 2.14. The second kappa shape index (κ2) is 2.62. The highest BCUT2D eigenvalue weighted by atomic mass is 14.7. The van der Waals surface area contributed by atoms with Crippen LogP contribution in [0.1, 0.15) is 11.3 Å². The van der Waals surface area contributed by atoms with Crippen LogP contribution in [0.2, 0.25) is 0 Å². The summed E-state index contributed by atoms with van der Waals surface area (Å²) >= 11 is 0. The summed E-state index contributed by atoms with van der Waals surface area (Å²) in [5.74, 6) is 0. The molecule has 0 aliphatic carbocycles. The Morgan fingerprint density at radius 2 is 2.44 bits per heavy atom. The van der Waals surface area contributed by atoms with Crippen LogP contribution in [0.3, 0.4) is 0 Å². The molecule has 0 N–H and O–H groups in total. The lowest BCUT2D eigenvalue weighted by Crippen LogP contribution is -1.85. The molecule has 9 heavy (non-hydrogen) atoms. The predicted octanol–water partition coefficient (Wildman–Crippen LogP) is 1.78. The minimum absolute atomic E-state index is 1.03. The summed E-state index contributed by atoms with van der Waals surface area (Å²) in [6.45, 7) is 5.62. The number of aromatic nitrogens is 1. The third-order valence-electron chi connectivity index (χ3n) is 1.27. The zero-order valence-electron chi connectivity index (χ0n) is 5.46. The van der Waals surface area contributed by atoms with E-state index in [1.807, 2.05) is 25.5 Å². The smallest absolute Gasteiger partial charge is 0.0407 e. The van der Waals surface area contributed by atoms with Crippen LogP contribution in [0.4, 0.5) is 0 Å². The predicted molar refractivity (Wildman–Crippen MR) is 37.7 cm³/mol. The first-order valence-electron chi connectivity index (χ1n) is 2.88. The van der Waals surface area contributed by atoms with E-state index in [4.69, 9.17) is 0 Å². The fraction of sp³-hybridized carbons (Fsp3) is 0.125. The first-order valence-corrected chi connectivity index (χ1v) is 2.88. The molecule has 2 radical (unpaired) electrons. The van der Waals surface area contributed by atoms with Gasteiger partial charge >= 0.3 is 0 Å². The van der Waals surface area contributed by atoms with Crippen molar-refractivity contribution in [2.45, 2.75) is 6.92 Å². The van der Waals surface area contributed by atoms with Gasteiger partial charge in [0.1, 0.15) is 0 Å². The SMILES string of the molecule is [CH2][CH]c1cccnc1C. The molecule has 1 heterocycles. The van der Waals surface area contributed by atoms with Crippen molar-refractivity contribution < 1.29 is 0 Å². The number of hydrogen-bond acceptors (Lipinski definition) is 1. The van der Waals surface area contributed by atoms with Crippen LogP contribution in [0.5, 0.6) is 0 Å². The summed E-state index contributed by atoms with van der Waals surface area (Å²) in [5, 5.41) is 0. The molecule has 0 aliphatic rings. The molecule has 0 aromatic carbocycles. The van der Waals surface area contributed by atoms with E-state index in [2.05, 4.69) is 11.9 Å². The number of pyridine rings is 1. The fourth-order valence-corrected chi connectivity index (χ4v) is 0.712. The summed E-state index contributed by atoms with van der Waals surface area (Å²) in [7, 11) is 0. The van der Waals surface area contributed by atoms with Gasteiger partial charge in [-0.05, 0) is 31.9 Å². The molecular formula is C8H9N. The Kier molecular flexibility index (Phi) is 1.83. The first kappa shape index (κ1) is 6.27. The van der Waals surface area contributed by atoms with E-state index in [-0.39, 0.29) is 0 Å². The average molecular weight is 119 g/mol. The third-order valence-corrected chi connectivity index (χ3v) is 1.27. The van der Waals surface area contributed by atoms with Crippen molar-refractivity contribution >= 4 is 0 Å². The quantitative estimate of drug-likeness (QED) is 0.549. The van der Waals surface area contributed by atoms with Crippen LogP contribution in [-0.2, 0) is 0 Å². The van der Waals surface area contributed by atoms with Gasteiger partial charge in [-0.2, -0.15) is 0 Å². The van der Waals surface area contributed by atoms with Crippen LogP contribution in [-0.4, -0.2) is 4.98 Å². The number of rotatable bonds is 1. The van der Waals surface area contributed by atoms with Gasteiger partial charge in [0.15, 0.2) is 0 Å². The summed E-state index contributed by atoms with van der Waals surface area (Å²) in [4.78, 5) is 4.08. The Labute approximate surface area is 55.7 Å². The van der Waals surface area contributed by atoms with E-state index in [1.54, 1.807) is 6.20 Å². The molecule has 0 fully saturated rings. The van der Waals surface area contributed by atoms with Crippen molar-refractivity contribution in [3.05, 3.63) is 42.9 Å². The average Bonchev–Trinajstić information content (AvgIpc) is 1.89. The van der Waals surface area contributed by atoms with Crippen molar-refractivity contribution in [1.82, 2.24) is 4.98 Å². The molecule has 1 rings (SSSR count). The van der Waals surface area contributed by atoms with Crippen LogP contribution in [0.15, 0.2) is 18.3 Å². The molecule has 46 valence electrons. The Hall–Kier alpha value is -0.850. The molecule has 0 saturated heterocycles. The molecule has 1 nitrogen and oxygen atoms in total. The molecule has 0 atom stereocenters. The van der Waals surface area contributed by atoms with Gasteiger partial charge in [0.25, 0.3) is 0 Å². The molecule has 1 heteroatoms. The molecule has 0 amide bonds. The van der Waals surface area contributed by atoms with Gasteiger partial charge in [-0.25, -0.2) is 0 Å². The van der Waals surface area contributed by atoms with E-state index in [0.717, 1.165) is 11.3 Å². The fourth-order valence-electron chi connectivity index (χ4n) is 0.712. The molecule has 0 bridgehead atoms. The maximum Gasteiger partial charge on any atom is 0.0407 e. The molecule has 1 aromatic rings. The normalized spacial score (nSPS) is 9.56. The van der Waals surface area contributed by atoms with Crippen molar-refractivity contribution in [2.75, 3.05) is 0 Å². The van der Waals surface area contributed by atoms with E-state index in [1.165, 1.54) is 0 Å². The zero-order valence-corrected chi connectivity index (χ0v) is 5.46. The van der Waals surface area contributed by atoms with Crippen molar-refractivity contribution in [1.29, 1.82) is 0 Å². The molecule has 0 saturated carbocycles. The Bertz CT molecular complexity index is 194. The summed E-state index contributed by atoms with van der Waals surface area (Å²) in [6, 6.07) is 3.90. The van der Waals surface area contributed by atoms with Crippen LogP contribution >= 0.6 is 0 Å². The molecule has 0 spiro atoms. The second-order valence-electron chi connectivity index (χ2n) is 1.88. The number of nitrogens with zero attached hydrogens (tertiary/aromatic N) is 1. The Morgan fingerprint density at radius 3 is 2.89 bits per heavy atom. The zero-order chi connectivity index (χ0) is 6.69. The van der Waals surface area contributed by atoms with E-state index in [0.29, 0.717) is 0 Å². The van der Waals surface area contributed by atoms with Gasteiger partial charge < -0.3 is 0 Å². The van der Waals surface area contributed by atoms with Crippen molar-refractivity contribution in [3.63, 3.8) is 0 Å². The van der Waals surface area contributed by atoms with Gasteiger partial charge in [0.2, 0.25) is 0 Å². The van der Waals surface area contributed by atoms with E-state index >= 15 is 0 Å². The van der Waals surface area contributed by atoms with E-state index in [9.17, 15) is 0 Å². The van der Waals surface area contributed by atoms with Crippen molar-refractivity contribution in [3.8, 4) is 0 Å². The molecule has 0 unspecified atom stereocenters. The van der Waals surface area contributed by atoms with Crippen molar-refractivity contribution in [2.24, 2.45) is 0 Å². The van der Waals surface area contributed by atoms with Gasteiger partial charge in [-0.15, -0.1) is 0 Å². The molecule has 0 aliphatic heterocycles. The van der Waals surface area contributed by atoms with Crippen LogP contribution in [0, 0.1) is 20.3 Å². The highest BCUT2D eigenvalue weighted by Gasteiger charge is 1.91. The number of hydrogen-bond donors (Lipinski definition) is 0. The largest absolute Gasteiger partial charge is 0.261 e. The van der Waals surface area contributed by atoms with Crippen LogP contribution in [0.25, 0.3) is 0 Å². The topological polar surface area (TPSA) is 12.9 Å². The monoisotopic (exact) mass is 119 g/mol. The Morgan fingerprint density at radius 1 is 1.67 bits per heavy atom. The maximum absolute atomic E-state index is 4.08. The van der Waals surface area contributed by atoms with Crippen LogP contribution < -0.4 is 0 Å². The highest BCUT2D eigenvalue weighted by molar-refractivity contribution is 5.26. The number of aryl methyl sites for hydroxylation is 1. The second-order valence-corrected chi connectivity index (χ2v) is 1.88. The summed E-state index contributed by atoms with van der Waals surface area (Å²) < 4.78 is 0. The minimum atomic E-state index is 1.03. The lowest BCUT2D eigenvalue weighted by atomic mass is 10.2. The minimum Gasteiger partial charge on any atom is -0.261 e. The van der Waals surface area contributed by atoms with Gasteiger partial charge in [0.05, 0.1) is 0 Å². The highest BCUT2D eigenvalue weighted by Crippen LogP contribution is 2.04. The van der Waals surface area contributed by atoms with E-state index < -0.39 is 0 Å². The molecule has 1 aromatic heterocycles. The molecular weight excluding hydrogens is 110 g/mol. The third kappa shape index (κ3) is 1.28. The summed E-state index contributed by atoms with van der Waals surface area (Å²) in [6.07, 6.45) is 3.59. The lowest BCUT2D eigenvalue weighted by Gasteiger charge is -1.96. The first-order chi connectivity index (χ1) is 4.34. The standard InChI is InChI=1S/C8H9N/c1-3-8-5-4-6-9-7(8)2/h3-6H,1H2,2H3.